The molecule has 1 aromatic carbocycles. The SMILES string of the molecule is CN(C)c1nnc(Sc2cc(F)c(I)cc2N)s1. The molecule has 0 radical (unpaired) electrons. The van der Waals surface area contributed by atoms with E-state index in [1.807, 2.05) is 41.6 Å². The minimum Gasteiger partial charge on any atom is -0.398 e. The van der Waals surface area contributed by atoms with Crippen LogP contribution in [-0.4, -0.2) is 24.3 Å². The number of nitrogen functional groups attached to an aromatic ring is 1. The molecule has 18 heavy (non-hydrogen) atoms. The number of hydrogen-bond acceptors (Lipinski definition) is 6. The molecule has 0 aliphatic carbocycles. The third kappa shape index (κ3) is 3.04. The maximum absolute atomic E-state index is 13.5. The number of nitrogens with zero attached hydrogens (tertiary/aromatic N) is 3. The maximum Gasteiger partial charge on any atom is 0.208 e. The molecule has 0 aliphatic heterocycles. The van der Waals surface area contributed by atoms with E-state index in [0.29, 0.717) is 14.2 Å². The number of nitrogens with two attached hydrogens (primary N) is 1. The predicted octanol–water partition coefficient (Wildman–Crippen LogP) is 3.08. The molecule has 4 nitrogen and oxygen atoms in total. The van der Waals surface area contributed by atoms with Crippen LogP contribution >= 0.6 is 45.7 Å². The Morgan fingerprint density at radius 3 is 2.72 bits per heavy atom. The Kier molecular flexibility index (Phi) is 4.28. The van der Waals surface area contributed by atoms with Gasteiger partial charge in [-0.3, -0.25) is 0 Å². The van der Waals surface area contributed by atoms with E-state index in [4.69, 9.17) is 5.73 Å². The molecule has 96 valence electrons. The van der Waals surface area contributed by atoms with Crippen molar-refractivity contribution in [2.75, 3.05) is 24.7 Å². The molecule has 1 heterocycles. The van der Waals surface area contributed by atoms with E-state index >= 15 is 0 Å². The van der Waals surface area contributed by atoms with Crippen LogP contribution in [0.15, 0.2) is 21.4 Å². The second-order valence-electron chi connectivity index (χ2n) is 3.65. The number of aromatic nitrogens is 2. The fourth-order valence-electron chi connectivity index (χ4n) is 1.15. The highest BCUT2D eigenvalue weighted by Crippen LogP contribution is 2.36. The van der Waals surface area contributed by atoms with Crippen LogP contribution in [-0.2, 0) is 0 Å². The quantitative estimate of drug-likeness (QED) is 0.639. The molecule has 0 unspecified atom stereocenters. The summed E-state index contributed by atoms with van der Waals surface area (Å²) < 4.78 is 14.7. The Morgan fingerprint density at radius 2 is 2.11 bits per heavy atom. The molecule has 2 N–H and O–H groups in total. The number of anilines is 2. The molecule has 0 amide bonds. The van der Waals surface area contributed by atoms with Crippen molar-refractivity contribution in [3.05, 3.63) is 21.5 Å². The van der Waals surface area contributed by atoms with Gasteiger partial charge in [0.1, 0.15) is 5.82 Å². The van der Waals surface area contributed by atoms with E-state index in [0.717, 1.165) is 9.47 Å². The molecular formula is C10H10FIN4S2. The van der Waals surface area contributed by atoms with E-state index in [9.17, 15) is 4.39 Å². The monoisotopic (exact) mass is 396 g/mol. The Labute approximate surface area is 126 Å². The average molecular weight is 396 g/mol. The number of benzene rings is 1. The van der Waals surface area contributed by atoms with Crippen molar-refractivity contribution in [2.24, 2.45) is 0 Å². The lowest BCUT2D eigenvalue weighted by Gasteiger charge is -2.05. The van der Waals surface area contributed by atoms with E-state index < -0.39 is 0 Å². The number of halogens is 2. The molecule has 0 bridgehead atoms. The van der Waals surface area contributed by atoms with Crippen molar-refractivity contribution in [1.29, 1.82) is 0 Å². The molecular weight excluding hydrogens is 386 g/mol. The third-order valence-corrected chi connectivity index (χ3v) is 5.07. The molecule has 2 aromatic rings. The number of hydrogen-bond donors (Lipinski definition) is 1. The zero-order valence-corrected chi connectivity index (χ0v) is 13.4. The smallest absolute Gasteiger partial charge is 0.208 e. The van der Waals surface area contributed by atoms with Crippen LogP contribution in [0.25, 0.3) is 0 Å². The van der Waals surface area contributed by atoms with Gasteiger partial charge >= 0.3 is 0 Å². The average Bonchev–Trinajstić information content (AvgIpc) is 2.74. The molecule has 0 fully saturated rings. The van der Waals surface area contributed by atoms with E-state index in [-0.39, 0.29) is 5.82 Å². The molecule has 0 atom stereocenters. The van der Waals surface area contributed by atoms with Gasteiger partial charge < -0.3 is 10.6 Å². The summed E-state index contributed by atoms with van der Waals surface area (Å²) in [5.74, 6) is -0.273. The first-order chi connectivity index (χ1) is 8.47. The molecule has 1 aromatic heterocycles. The van der Waals surface area contributed by atoms with Crippen LogP contribution in [0, 0.1) is 9.39 Å². The summed E-state index contributed by atoms with van der Waals surface area (Å²) in [4.78, 5) is 2.54. The van der Waals surface area contributed by atoms with E-state index in [1.165, 1.54) is 29.2 Å². The molecule has 0 saturated heterocycles. The summed E-state index contributed by atoms with van der Waals surface area (Å²) in [6.07, 6.45) is 0. The van der Waals surface area contributed by atoms with Gasteiger partial charge in [-0.2, -0.15) is 0 Å². The summed E-state index contributed by atoms with van der Waals surface area (Å²) in [6.45, 7) is 0. The van der Waals surface area contributed by atoms with Crippen LogP contribution in [0.1, 0.15) is 0 Å². The minimum atomic E-state index is -0.273. The van der Waals surface area contributed by atoms with Crippen molar-refractivity contribution < 1.29 is 4.39 Å². The van der Waals surface area contributed by atoms with Gasteiger partial charge in [0.2, 0.25) is 5.13 Å². The zero-order valence-electron chi connectivity index (χ0n) is 9.65. The normalized spacial score (nSPS) is 10.7. The van der Waals surface area contributed by atoms with Crippen molar-refractivity contribution in [3.63, 3.8) is 0 Å². The fourth-order valence-corrected chi connectivity index (χ4v) is 3.41. The summed E-state index contributed by atoms with van der Waals surface area (Å²) in [6, 6.07) is 3.05. The summed E-state index contributed by atoms with van der Waals surface area (Å²) >= 11 is 4.68. The first kappa shape index (κ1) is 13.8. The Balaban J connectivity index is 2.25. The highest BCUT2D eigenvalue weighted by Gasteiger charge is 2.11. The lowest BCUT2D eigenvalue weighted by atomic mass is 10.3. The van der Waals surface area contributed by atoms with Crippen LogP contribution in [0.2, 0.25) is 0 Å². The Hall–Kier alpha value is -0.610. The largest absolute Gasteiger partial charge is 0.398 e. The van der Waals surface area contributed by atoms with Gasteiger partial charge in [-0.1, -0.05) is 23.1 Å². The third-order valence-electron chi connectivity index (χ3n) is 2.03. The van der Waals surface area contributed by atoms with Gasteiger partial charge in [-0.15, -0.1) is 10.2 Å². The Bertz CT molecular complexity index is 573. The van der Waals surface area contributed by atoms with E-state index in [2.05, 4.69) is 10.2 Å². The molecule has 2 rings (SSSR count). The van der Waals surface area contributed by atoms with Gasteiger partial charge in [0, 0.05) is 24.7 Å². The van der Waals surface area contributed by atoms with Crippen molar-refractivity contribution in [1.82, 2.24) is 10.2 Å². The Morgan fingerprint density at radius 1 is 1.39 bits per heavy atom. The number of rotatable bonds is 3. The first-order valence-corrected chi connectivity index (χ1v) is 7.61. The van der Waals surface area contributed by atoms with Crippen molar-refractivity contribution in [3.8, 4) is 0 Å². The first-order valence-electron chi connectivity index (χ1n) is 4.90. The van der Waals surface area contributed by atoms with Gasteiger partial charge in [-0.05, 0) is 34.7 Å². The standard InChI is InChI=1S/C10H10FIN4S2/c1-16(2)9-14-15-10(18-9)17-8-3-5(11)6(12)4-7(8)13/h3-4H,13H2,1-2H3. The van der Waals surface area contributed by atoms with Crippen molar-refractivity contribution >= 4 is 56.5 Å². The van der Waals surface area contributed by atoms with Crippen LogP contribution in [0.4, 0.5) is 15.2 Å². The van der Waals surface area contributed by atoms with Gasteiger partial charge in [0.15, 0.2) is 4.34 Å². The van der Waals surface area contributed by atoms with Gasteiger partial charge in [0.25, 0.3) is 0 Å². The van der Waals surface area contributed by atoms with Gasteiger partial charge in [0.05, 0.1) is 3.57 Å². The highest BCUT2D eigenvalue weighted by molar-refractivity contribution is 14.1. The molecule has 0 aliphatic rings. The summed E-state index contributed by atoms with van der Waals surface area (Å²) in [5, 5.41) is 8.86. The maximum atomic E-state index is 13.5. The fraction of sp³-hybridized carbons (Fsp3) is 0.200. The van der Waals surface area contributed by atoms with Crippen molar-refractivity contribution in [2.45, 2.75) is 9.24 Å². The lowest BCUT2D eigenvalue weighted by molar-refractivity contribution is 0.617. The zero-order chi connectivity index (χ0) is 13.3. The van der Waals surface area contributed by atoms with Gasteiger partial charge in [-0.25, -0.2) is 4.39 Å². The predicted molar refractivity (Wildman–Crippen MR) is 81.9 cm³/mol. The van der Waals surface area contributed by atoms with Crippen LogP contribution < -0.4 is 10.6 Å². The second-order valence-corrected chi connectivity index (χ2v) is 7.06. The topological polar surface area (TPSA) is 55.0 Å². The lowest BCUT2D eigenvalue weighted by Crippen LogP contribution is -2.07. The van der Waals surface area contributed by atoms with Crippen LogP contribution in [0.5, 0.6) is 0 Å². The molecule has 0 spiro atoms. The molecule has 0 saturated carbocycles. The highest BCUT2D eigenvalue weighted by atomic mass is 127. The summed E-state index contributed by atoms with van der Waals surface area (Å²) in [5.41, 5.74) is 6.41. The second kappa shape index (κ2) is 5.57. The van der Waals surface area contributed by atoms with E-state index in [1.54, 1.807) is 6.07 Å². The van der Waals surface area contributed by atoms with Crippen LogP contribution in [0.3, 0.4) is 0 Å². The summed E-state index contributed by atoms with van der Waals surface area (Å²) in [7, 11) is 3.79. The minimum absolute atomic E-state index is 0.273. The molecule has 8 heteroatoms.